The number of carbonyl (C=O) groups is 1. The molecule has 5 heteroatoms. The van der Waals surface area contributed by atoms with Gasteiger partial charge in [0.05, 0.1) is 12.6 Å². The van der Waals surface area contributed by atoms with Crippen LogP contribution in [0.3, 0.4) is 0 Å². The van der Waals surface area contributed by atoms with Gasteiger partial charge >= 0.3 is 0 Å². The highest BCUT2D eigenvalue weighted by Crippen LogP contribution is 2.16. The summed E-state index contributed by atoms with van der Waals surface area (Å²) < 4.78 is 5.67. The number of amides is 1. The lowest BCUT2D eigenvalue weighted by atomic mass is 10.1. The number of benzene rings is 2. The molecule has 148 valence electrons. The van der Waals surface area contributed by atoms with Crippen LogP contribution in [-0.4, -0.2) is 31.1 Å². The maximum atomic E-state index is 12.8. The van der Waals surface area contributed by atoms with Gasteiger partial charge in [0.25, 0.3) is 5.91 Å². The molecule has 0 aromatic heterocycles. The van der Waals surface area contributed by atoms with Crippen LogP contribution < -0.4 is 10.6 Å². The van der Waals surface area contributed by atoms with Crippen LogP contribution in [0, 0.1) is 13.8 Å². The number of para-hydroxylation sites is 1. The normalized spacial score (nSPS) is 16.8. The van der Waals surface area contributed by atoms with E-state index < -0.39 is 0 Å². The summed E-state index contributed by atoms with van der Waals surface area (Å²) in [5.74, 6) is 0.287. The van der Waals surface area contributed by atoms with Gasteiger partial charge in [0, 0.05) is 17.9 Å². The second-order valence-corrected chi connectivity index (χ2v) is 7.21. The van der Waals surface area contributed by atoms with Crippen LogP contribution in [0.25, 0.3) is 0 Å². The van der Waals surface area contributed by atoms with Gasteiger partial charge in [-0.2, -0.15) is 0 Å². The van der Waals surface area contributed by atoms with E-state index in [2.05, 4.69) is 28.6 Å². The average molecular weight is 380 g/mol. The molecule has 0 saturated carbocycles. The number of ether oxygens (including phenoxy) is 1. The van der Waals surface area contributed by atoms with Crippen LogP contribution in [0.1, 0.15) is 46.8 Å². The standard InChI is InChI=1S/C23H29N3O2/c1-4-18-8-5-6-10-21(18)25-23(24-15-20-9-7-13-28-20)26-22(27)19-12-11-16(2)17(3)14-19/h5-6,8,10-12,14,20H,4,7,9,13,15H2,1-3H3,(H2,24,25,26,27). The van der Waals surface area contributed by atoms with Crippen molar-refractivity contribution in [2.24, 2.45) is 4.99 Å². The molecule has 1 aliphatic rings. The summed E-state index contributed by atoms with van der Waals surface area (Å²) >= 11 is 0. The molecule has 1 amide bonds. The van der Waals surface area contributed by atoms with Gasteiger partial charge in [-0.25, -0.2) is 4.99 Å². The zero-order valence-corrected chi connectivity index (χ0v) is 16.9. The van der Waals surface area contributed by atoms with E-state index in [-0.39, 0.29) is 12.0 Å². The van der Waals surface area contributed by atoms with Gasteiger partial charge < -0.3 is 10.1 Å². The molecule has 28 heavy (non-hydrogen) atoms. The minimum Gasteiger partial charge on any atom is -0.376 e. The molecule has 0 bridgehead atoms. The minimum absolute atomic E-state index is 0.122. The fourth-order valence-corrected chi connectivity index (χ4v) is 3.23. The Morgan fingerprint density at radius 3 is 2.71 bits per heavy atom. The number of aliphatic imine (C=N–C) groups is 1. The molecular weight excluding hydrogens is 350 g/mol. The number of nitrogens with zero attached hydrogens (tertiary/aromatic N) is 1. The Balaban J connectivity index is 1.79. The molecule has 1 heterocycles. The Hall–Kier alpha value is -2.66. The summed E-state index contributed by atoms with van der Waals surface area (Å²) in [6, 6.07) is 13.8. The van der Waals surface area contributed by atoms with Crippen molar-refractivity contribution < 1.29 is 9.53 Å². The highest BCUT2D eigenvalue weighted by Gasteiger charge is 2.16. The molecule has 1 aliphatic heterocycles. The molecule has 1 saturated heterocycles. The molecular formula is C23H29N3O2. The topological polar surface area (TPSA) is 62.7 Å². The Bertz CT molecular complexity index is 855. The molecule has 3 rings (SSSR count). The zero-order valence-electron chi connectivity index (χ0n) is 16.9. The SMILES string of the molecule is CCc1ccccc1NC(=NCC1CCCO1)NC(=O)c1ccc(C)c(C)c1. The lowest BCUT2D eigenvalue weighted by Crippen LogP contribution is -2.37. The van der Waals surface area contributed by atoms with Crippen molar-refractivity contribution in [1.82, 2.24) is 5.32 Å². The van der Waals surface area contributed by atoms with E-state index in [4.69, 9.17) is 4.74 Å². The van der Waals surface area contributed by atoms with Crippen LogP contribution in [0.2, 0.25) is 0 Å². The molecule has 2 N–H and O–H groups in total. The van der Waals surface area contributed by atoms with Gasteiger partial charge in [0.1, 0.15) is 0 Å². The Kier molecular flexibility index (Phi) is 6.82. The quantitative estimate of drug-likeness (QED) is 0.603. The van der Waals surface area contributed by atoms with Crippen molar-refractivity contribution in [3.8, 4) is 0 Å². The van der Waals surface area contributed by atoms with Crippen LogP contribution in [0.4, 0.5) is 5.69 Å². The molecule has 5 nitrogen and oxygen atoms in total. The number of aryl methyl sites for hydroxylation is 3. The van der Waals surface area contributed by atoms with Crippen molar-refractivity contribution in [2.45, 2.75) is 46.1 Å². The number of anilines is 1. The number of rotatable bonds is 5. The second kappa shape index (κ2) is 9.51. The number of hydrogen-bond donors (Lipinski definition) is 2. The summed E-state index contributed by atoms with van der Waals surface area (Å²) in [6.45, 7) is 7.47. The van der Waals surface area contributed by atoms with Crippen molar-refractivity contribution in [3.05, 3.63) is 64.7 Å². The van der Waals surface area contributed by atoms with Gasteiger partial charge in [0.15, 0.2) is 0 Å². The number of nitrogens with one attached hydrogen (secondary N) is 2. The van der Waals surface area contributed by atoms with E-state index in [1.807, 2.05) is 50.2 Å². The molecule has 1 atom stereocenters. The fourth-order valence-electron chi connectivity index (χ4n) is 3.23. The lowest BCUT2D eigenvalue weighted by molar-refractivity contribution is 0.0975. The van der Waals surface area contributed by atoms with E-state index in [1.165, 1.54) is 11.1 Å². The highest BCUT2D eigenvalue weighted by atomic mass is 16.5. The van der Waals surface area contributed by atoms with Crippen molar-refractivity contribution in [2.75, 3.05) is 18.5 Å². The highest BCUT2D eigenvalue weighted by molar-refractivity contribution is 6.10. The van der Waals surface area contributed by atoms with E-state index >= 15 is 0 Å². The predicted molar refractivity (Wildman–Crippen MR) is 114 cm³/mol. The largest absolute Gasteiger partial charge is 0.376 e. The van der Waals surface area contributed by atoms with Crippen LogP contribution >= 0.6 is 0 Å². The summed E-state index contributed by atoms with van der Waals surface area (Å²) in [7, 11) is 0. The zero-order chi connectivity index (χ0) is 19.9. The summed E-state index contributed by atoms with van der Waals surface area (Å²) in [4.78, 5) is 17.4. The van der Waals surface area contributed by atoms with Crippen molar-refractivity contribution >= 4 is 17.6 Å². The first-order valence-corrected chi connectivity index (χ1v) is 9.96. The minimum atomic E-state index is -0.171. The number of hydrogen-bond acceptors (Lipinski definition) is 3. The number of carbonyl (C=O) groups excluding carboxylic acids is 1. The molecule has 1 fully saturated rings. The van der Waals surface area contributed by atoms with Gasteiger partial charge in [-0.05, 0) is 68.0 Å². The molecule has 2 aromatic rings. The third-order valence-electron chi connectivity index (χ3n) is 5.13. The van der Waals surface area contributed by atoms with E-state index in [0.29, 0.717) is 18.1 Å². The van der Waals surface area contributed by atoms with E-state index in [9.17, 15) is 4.79 Å². The summed E-state index contributed by atoms with van der Waals surface area (Å²) in [5, 5.41) is 6.26. The third kappa shape index (κ3) is 5.20. The third-order valence-corrected chi connectivity index (χ3v) is 5.13. The van der Waals surface area contributed by atoms with Gasteiger partial charge in [-0.15, -0.1) is 0 Å². The number of guanidine groups is 1. The van der Waals surface area contributed by atoms with Gasteiger partial charge in [0.2, 0.25) is 5.96 Å². The smallest absolute Gasteiger partial charge is 0.257 e. The molecule has 0 spiro atoms. The Morgan fingerprint density at radius 1 is 1.18 bits per heavy atom. The molecule has 1 unspecified atom stereocenters. The lowest BCUT2D eigenvalue weighted by Gasteiger charge is -2.16. The first-order chi connectivity index (χ1) is 13.6. The summed E-state index contributed by atoms with van der Waals surface area (Å²) in [6.07, 6.45) is 3.09. The molecule has 2 aromatic carbocycles. The fraction of sp³-hybridized carbons (Fsp3) is 0.391. The maximum absolute atomic E-state index is 12.8. The monoisotopic (exact) mass is 379 g/mol. The van der Waals surface area contributed by atoms with Crippen molar-refractivity contribution in [3.63, 3.8) is 0 Å². The molecule has 0 radical (unpaired) electrons. The second-order valence-electron chi connectivity index (χ2n) is 7.21. The maximum Gasteiger partial charge on any atom is 0.257 e. The van der Waals surface area contributed by atoms with Gasteiger partial charge in [-0.3, -0.25) is 10.1 Å². The van der Waals surface area contributed by atoms with E-state index in [1.54, 1.807) is 0 Å². The van der Waals surface area contributed by atoms with Crippen LogP contribution in [0.15, 0.2) is 47.5 Å². The Labute approximate surface area is 167 Å². The molecule has 0 aliphatic carbocycles. The summed E-state index contributed by atoms with van der Waals surface area (Å²) in [5.41, 5.74) is 5.01. The Morgan fingerprint density at radius 2 is 2.00 bits per heavy atom. The van der Waals surface area contributed by atoms with E-state index in [0.717, 1.165) is 37.1 Å². The van der Waals surface area contributed by atoms with Crippen LogP contribution in [0.5, 0.6) is 0 Å². The first kappa shape index (κ1) is 20.1. The van der Waals surface area contributed by atoms with Gasteiger partial charge in [-0.1, -0.05) is 31.2 Å². The predicted octanol–water partition coefficient (Wildman–Crippen LogP) is 4.24. The average Bonchev–Trinajstić information content (AvgIpc) is 3.22. The van der Waals surface area contributed by atoms with Crippen molar-refractivity contribution in [1.29, 1.82) is 0 Å². The van der Waals surface area contributed by atoms with Crippen LogP contribution in [-0.2, 0) is 11.2 Å². The first-order valence-electron chi connectivity index (χ1n) is 9.96.